The van der Waals surface area contributed by atoms with Crippen molar-refractivity contribution >= 4 is 45.6 Å². The van der Waals surface area contributed by atoms with Gasteiger partial charge in [-0.1, -0.05) is 0 Å². The molecule has 0 spiro atoms. The molecule has 0 bridgehead atoms. The molecule has 0 heterocycles. The van der Waals surface area contributed by atoms with Crippen LogP contribution in [0.2, 0.25) is 0 Å². The summed E-state index contributed by atoms with van der Waals surface area (Å²) in [4.78, 5) is 8.63. The van der Waals surface area contributed by atoms with Crippen LogP contribution < -0.4 is 0 Å². The summed E-state index contributed by atoms with van der Waals surface area (Å²) in [6.07, 6.45) is 0. The molecule has 10 heavy (non-hydrogen) atoms. The fraction of sp³-hybridized carbons (Fsp3) is 1.00. The van der Waals surface area contributed by atoms with E-state index in [1.54, 1.807) is 13.8 Å². The Morgan fingerprint density at radius 1 is 1.30 bits per heavy atom. The molecule has 0 saturated carbocycles. The Bertz CT molecular complexity index is 108. The molecule has 0 aromatic rings. The molecular formula is C4H13CaO4P. The Morgan fingerprint density at radius 2 is 1.60 bits per heavy atom. The van der Waals surface area contributed by atoms with E-state index >= 15 is 0 Å². The molecule has 0 aliphatic heterocycles. The molecule has 0 rings (SSSR count). The first-order valence-corrected chi connectivity index (χ1v) is 4.23. The van der Waals surface area contributed by atoms with Crippen molar-refractivity contribution in [1.29, 1.82) is 0 Å². The van der Waals surface area contributed by atoms with Crippen LogP contribution >= 0.6 is 7.82 Å². The van der Waals surface area contributed by atoms with E-state index in [-0.39, 0.29) is 51.0 Å². The Kier molecular flexibility index (Phi) is 9.81. The van der Waals surface area contributed by atoms with Crippen LogP contribution in [0.4, 0.5) is 0 Å². The third-order valence-electron chi connectivity index (χ3n) is 0.584. The van der Waals surface area contributed by atoms with Crippen molar-refractivity contribution in [2.45, 2.75) is 13.8 Å². The molecule has 0 aromatic heterocycles. The average Bonchev–Trinajstić information content (AvgIpc) is 1.64. The molecule has 0 fully saturated rings. The summed E-state index contributed by atoms with van der Waals surface area (Å²) >= 11 is 0. The zero-order chi connectivity index (χ0) is 7.33. The van der Waals surface area contributed by atoms with Crippen LogP contribution in [0.5, 0.6) is 0 Å². The first-order chi connectivity index (χ1) is 4.12. The van der Waals surface area contributed by atoms with Crippen molar-refractivity contribution in [2.24, 2.45) is 0 Å². The van der Waals surface area contributed by atoms with E-state index in [9.17, 15) is 4.57 Å². The van der Waals surface area contributed by atoms with Gasteiger partial charge in [-0.05, 0) is 13.8 Å². The molecule has 0 aromatic carbocycles. The third kappa shape index (κ3) is 7.48. The van der Waals surface area contributed by atoms with Gasteiger partial charge in [-0.3, -0.25) is 9.05 Å². The van der Waals surface area contributed by atoms with E-state index < -0.39 is 7.82 Å². The van der Waals surface area contributed by atoms with Crippen LogP contribution in [-0.4, -0.2) is 55.8 Å². The maximum absolute atomic E-state index is 10.5. The SMILES string of the molecule is CCOP(=O)(O)OCC.[CaH2]. The molecular weight excluding hydrogens is 183 g/mol. The van der Waals surface area contributed by atoms with Gasteiger partial charge < -0.3 is 4.89 Å². The van der Waals surface area contributed by atoms with Gasteiger partial charge in [-0.15, -0.1) is 0 Å². The summed E-state index contributed by atoms with van der Waals surface area (Å²) in [7, 11) is -3.69. The monoisotopic (exact) mass is 196 g/mol. The van der Waals surface area contributed by atoms with Crippen LogP contribution in [0.1, 0.15) is 13.8 Å². The Morgan fingerprint density at radius 3 is 1.80 bits per heavy atom. The molecule has 0 aliphatic rings. The summed E-state index contributed by atoms with van der Waals surface area (Å²) in [5.41, 5.74) is 0. The fourth-order valence-electron chi connectivity index (χ4n) is 0.364. The second-order valence-corrected chi connectivity index (χ2v) is 2.76. The zero-order valence-electron chi connectivity index (χ0n) is 5.53. The van der Waals surface area contributed by atoms with Crippen LogP contribution in [-0.2, 0) is 13.6 Å². The molecule has 0 unspecified atom stereocenters. The van der Waals surface area contributed by atoms with Crippen molar-refractivity contribution in [1.82, 2.24) is 0 Å². The Balaban J connectivity index is 0. The minimum atomic E-state index is -3.69. The van der Waals surface area contributed by atoms with Gasteiger partial charge in [0.15, 0.2) is 0 Å². The van der Waals surface area contributed by atoms with Crippen molar-refractivity contribution in [3.8, 4) is 0 Å². The van der Waals surface area contributed by atoms with Gasteiger partial charge in [0, 0.05) is 0 Å². The van der Waals surface area contributed by atoms with Crippen molar-refractivity contribution in [3.05, 3.63) is 0 Å². The van der Waals surface area contributed by atoms with Crippen molar-refractivity contribution < 1.29 is 18.5 Å². The van der Waals surface area contributed by atoms with Gasteiger partial charge in [-0.25, -0.2) is 4.57 Å². The number of hydrogen-bond donors (Lipinski definition) is 1. The van der Waals surface area contributed by atoms with Crippen molar-refractivity contribution in [2.75, 3.05) is 13.2 Å². The summed E-state index contributed by atoms with van der Waals surface area (Å²) in [5, 5.41) is 0. The normalized spacial score (nSPS) is 10.7. The standard InChI is InChI=1S/C4H11O4P.Ca.2H/c1-3-7-9(5,6)8-4-2;;;/h3-4H2,1-2H3,(H,5,6);;;. The average molecular weight is 196 g/mol. The predicted octanol–water partition coefficient (Wildman–Crippen LogP) is 0.244. The first kappa shape index (κ1) is 13.9. The zero-order valence-corrected chi connectivity index (χ0v) is 6.43. The number of rotatable bonds is 4. The first-order valence-electron chi connectivity index (χ1n) is 2.74. The topological polar surface area (TPSA) is 55.8 Å². The van der Waals surface area contributed by atoms with Crippen LogP contribution in [0.25, 0.3) is 0 Å². The molecule has 0 atom stereocenters. The quantitative estimate of drug-likeness (QED) is 0.517. The molecule has 0 aliphatic carbocycles. The minimum absolute atomic E-state index is 0. The van der Waals surface area contributed by atoms with Crippen LogP contribution in [0.15, 0.2) is 0 Å². The van der Waals surface area contributed by atoms with Gasteiger partial charge in [0.1, 0.15) is 0 Å². The summed E-state index contributed by atoms with van der Waals surface area (Å²) in [5.74, 6) is 0. The molecule has 1 N–H and O–H groups in total. The fourth-order valence-corrected chi connectivity index (χ4v) is 1.09. The molecule has 0 radical (unpaired) electrons. The second-order valence-electron chi connectivity index (χ2n) is 1.30. The molecule has 0 amide bonds. The van der Waals surface area contributed by atoms with Gasteiger partial charge in [0.2, 0.25) is 0 Å². The maximum atomic E-state index is 10.5. The molecule has 0 saturated heterocycles. The number of phosphoric acid groups is 1. The van der Waals surface area contributed by atoms with E-state index in [1.165, 1.54) is 0 Å². The van der Waals surface area contributed by atoms with Crippen LogP contribution in [0.3, 0.4) is 0 Å². The second kappa shape index (κ2) is 7.04. The van der Waals surface area contributed by atoms with E-state index in [2.05, 4.69) is 9.05 Å². The number of phosphoric ester groups is 1. The van der Waals surface area contributed by atoms with Gasteiger partial charge in [0.05, 0.1) is 13.2 Å². The van der Waals surface area contributed by atoms with Crippen LogP contribution in [0, 0.1) is 0 Å². The third-order valence-corrected chi connectivity index (χ3v) is 1.75. The molecule has 4 nitrogen and oxygen atoms in total. The van der Waals surface area contributed by atoms with E-state index in [0.29, 0.717) is 0 Å². The Labute approximate surface area is 90.5 Å². The summed E-state index contributed by atoms with van der Waals surface area (Å²) in [6.45, 7) is 3.63. The van der Waals surface area contributed by atoms with Gasteiger partial charge >= 0.3 is 45.6 Å². The molecule has 6 heteroatoms. The number of hydrogen-bond acceptors (Lipinski definition) is 3. The van der Waals surface area contributed by atoms with E-state index in [1.807, 2.05) is 0 Å². The van der Waals surface area contributed by atoms with E-state index in [0.717, 1.165) is 0 Å². The summed E-state index contributed by atoms with van der Waals surface area (Å²) in [6, 6.07) is 0. The summed E-state index contributed by atoms with van der Waals surface area (Å²) < 4.78 is 19.2. The van der Waals surface area contributed by atoms with Gasteiger partial charge in [0.25, 0.3) is 0 Å². The van der Waals surface area contributed by atoms with E-state index in [4.69, 9.17) is 4.89 Å². The van der Waals surface area contributed by atoms with Crippen molar-refractivity contribution in [3.63, 3.8) is 0 Å². The van der Waals surface area contributed by atoms with Gasteiger partial charge in [-0.2, -0.15) is 0 Å². The molecule has 60 valence electrons. The Hall–Kier alpha value is 1.37. The predicted molar refractivity (Wildman–Crippen MR) is 41.6 cm³/mol.